The Balaban J connectivity index is 2.61. The van der Waals surface area contributed by atoms with Gasteiger partial charge >= 0.3 is 0 Å². The molecule has 1 aliphatic carbocycles. The second kappa shape index (κ2) is 9.98. The molecule has 0 unspecified atom stereocenters. The molecule has 1 aliphatic rings. The largest absolute Gasteiger partial charge is 0.414 e. The first-order chi connectivity index (χ1) is 9.26. The van der Waals surface area contributed by atoms with Crippen LogP contribution < -0.4 is 0 Å². The molecular formula is C17H36OSi. The van der Waals surface area contributed by atoms with Crippen molar-refractivity contribution < 1.29 is 4.43 Å². The van der Waals surface area contributed by atoms with Crippen LogP contribution in [0.15, 0.2) is 0 Å². The molecule has 19 heavy (non-hydrogen) atoms. The van der Waals surface area contributed by atoms with Crippen LogP contribution in [-0.4, -0.2) is 14.4 Å². The van der Waals surface area contributed by atoms with Crippen molar-refractivity contribution >= 4 is 8.32 Å². The minimum Gasteiger partial charge on any atom is -0.414 e. The average Bonchev–Trinajstić information content (AvgIpc) is 2.93. The fourth-order valence-corrected chi connectivity index (χ4v) is 8.45. The quantitative estimate of drug-likeness (QED) is 0.405. The summed E-state index contributed by atoms with van der Waals surface area (Å²) in [7, 11) is -1.42. The zero-order valence-corrected chi connectivity index (χ0v) is 14.7. The number of hydrogen-bond donors (Lipinski definition) is 0. The Bertz CT molecular complexity index is 190. The fraction of sp³-hybridized carbons (Fsp3) is 1.00. The van der Waals surface area contributed by atoms with Crippen molar-refractivity contribution in [2.24, 2.45) is 0 Å². The van der Waals surface area contributed by atoms with Crippen molar-refractivity contribution in [2.75, 3.05) is 0 Å². The van der Waals surface area contributed by atoms with E-state index in [1.54, 1.807) is 0 Å². The minimum atomic E-state index is -1.42. The minimum absolute atomic E-state index is 0.636. The van der Waals surface area contributed by atoms with Crippen LogP contribution in [0.1, 0.15) is 85.0 Å². The van der Waals surface area contributed by atoms with Gasteiger partial charge in [-0.15, -0.1) is 0 Å². The molecule has 1 saturated carbocycles. The van der Waals surface area contributed by atoms with Crippen LogP contribution >= 0.6 is 0 Å². The van der Waals surface area contributed by atoms with Crippen LogP contribution in [0.3, 0.4) is 0 Å². The van der Waals surface area contributed by atoms with Gasteiger partial charge in [0.25, 0.3) is 0 Å². The lowest BCUT2D eigenvalue weighted by Crippen LogP contribution is -2.41. The van der Waals surface area contributed by atoms with Crippen LogP contribution in [0.5, 0.6) is 0 Å². The lowest BCUT2D eigenvalue weighted by Gasteiger charge is -2.35. The number of unbranched alkanes of at least 4 members (excludes halogenated alkanes) is 3. The predicted molar refractivity (Wildman–Crippen MR) is 88.2 cm³/mol. The van der Waals surface area contributed by atoms with Crippen molar-refractivity contribution in [1.82, 2.24) is 0 Å². The summed E-state index contributed by atoms with van der Waals surface area (Å²) < 4.78 is 6.84. The lowest BCUT2D eigenvalue weighted by molar-refractivity contribution is 0.191. The predicted octanol–water partition coefficient (Wildman–Crippen LogP) is 6.29. The van der Waals surface area contributed by atoms with E-state index in [1.807, 2.05) is 0 Å². The Morgan fingerprint density at radius 3 is 1.58 bits per heavy atom. The summed E-state index contributed by atoms with van der Waals surface area (Å²) in [5.74, 6) is 0. The normalized spacial score (nSPS) is 17.2. The molecule has 0 saturated heterocycles. The monoisotopic (exact) mass is 284 g/mol. The maximum atomic E-state index is 6.84. The molecule has 0 aromatic carbocycles. The Labute approximate surface area is 122 Å². The Kier molecular flexibility index (Phi) is 9.05. The van der Waals surface area contributed by atoms with Crippen molar-refractivity contribution in [3.63, 3.8) is 0 Å². The molecule has 114 valence electrons. The average molecular weight is 285 g/mol. The highest BCUT2D eigenvalue weighted by molar-refractivity contribution is 6.73. The number of rotatable bonds is 11. The van der Waals surface area contributed by atoms with E-state index in [4.69, 9.17) is 4.43 Å². The van der Waals surface area contributed by atoms with E-state index in [9.17, 15) is 0 Å². The molecular weight excluding hydrogens is 248 g/mol. The van der Waals surface area contributed by atoms with Gasteiger partial charge in [-0.2, -0.15) is 0 Å². The van der Waals surface area contributed by atoms with E-state index in [-0.39, 0.29) is 0 Å². The zero-order valence-electron chi connectivity index (χ0n) is 13.7. The SMILES string of the molecule is CCCC[Si](CCCC)(CCCC)OC1CCCC1. The molecule has 0 spiro atoms. The molecule has 1 fully saturated rings. The molecule has 0 bridgehead atoms. The van der Waals surface area contributed by atoms with Gasteiger partial charge in [-0.25, -0.2) is 0 Å². The van der Waals surface area contributed by atoms with E-state index in [2.05, 4.69) is 20.8 Å². The van der Waals surface area contributed by atoms with E-state index in [1.165, 1.54) is 82.3 Å². The summed E-state index contributed by atoms with van der Waals surface area (Å²) in [6, 6.07) is 4.29. The molecule has 0 radical (unpaired) electrons. The van der Waals surface area contributed by atoms with Gasteiger partial charge in [0.15, 0.2) is 8.32 Å². The third-order valence-corrected chi connectivity index (χ3v) is 9.30. The maximum absolute atomic E-state index is 6.84. The van der Waals surface area contributed by atoms with E-state index < -0.39 is 8.32 Å². The van der Waals surface area contributed by atoms with Crippen LogP contribution in [0.4, 0.5) is 0 Å². The first kappa shape index (κ1) is 17.2. The van der Waals surface area contributed by atoms with Gasteiger partial charge < -0.3 is 4.43 Å². The van der Waals surface area contributed by atoms with Gasteiger partial charge in [0.1, 0.15) is 0 Å². The zero-order chi connectivity index (χ0) is 14.0. The maximum Gasteiger partial charge on any atom is 0.193 e. The highest BCUT2D eigenvalue weighted by atomic mass is 28.4. The summed E-state index contributed by atoms with van der Waals surface area (Å²) in [4.78, 5) is 0. The molecule has 2 heteroatoms. The Morgan fingerprint density at radius 1 is 0.789 bits per heavy atom. The molecule has 0 heterocycles. The van der Waals surface area contributed by atoms with Crippen LogP contribution in [0.2, 0.25) is 18.1 Å². The smallest absolute Gasteiger partial charge is 0.193 e. The summed E-state index contributed by atoms with van der Waals surface area (Å²) in [5.41, 5.74) is 0. The highest BCUT2D eigenvalue weighted by Gasteiger charge is 2.36. The van der Waals surface area contributed by atoms with Gasteiger partial charge in [-0.1, -0.05) is 72.1 Å². The lowest BCUT2D eigenvalue weighted by atomic mass is 10.3. The molecule has 0 aliphatic heterocycles. The Hall–Kier alpha value is 0.177. The van der Waals surface area contributed by atoms with Gasteiger partial charge in [-0.3, -0.25) is 0 Å². The molecule has 0 aromatic rings. The van der Waals surface area contributed by atoms with Crippen molar-refractivity contribution in [3.05, 3.63) is 0 Å². The Morgan fingerprint density at radius 2 is 1.21 bits per heavy atom. The van der Waals surface area contributed by atoms with E-state index >= 15 is 0 Å². The molecule has 0 N–H and O–H groups in total. The van der Waals surface area contributed by atoms with Crippen molar-refractivity contribution in [3.8, 4) is 0 Å². The standard InChI is InChI=1S/C17H36OSi/c1-4-7-14-19(15-8-5-2,16-9-6-3)18-17-12-10-11-13-17/h17H,4-16H2,1-3H3. The first-order valence-corrected chi connectivity index (χ1v) is 11.5. The van der Waals surface area contributed by atoms with Gasteiger partial charge in [0.05, 0.1) is 0 Å². The molecule has 0 aromatic heterocycles. The summed E-state index contributed by atoms with van der Waals surface area (Å²) in [6.07, 6.45) is 14.3. The fourth-order valence-electron chi connectivity index (χ4n) is 3.41. The van der Waals surface area contributed by atoms with Crippen LogP contribution in [0.25, 0.3) is 0 Å². The number of hydrogen-bond acceptors (Lipinski definition) is 1. The van der Waals surface area contributed by atoms with Crippen molar-refractivity contribution in [1.29, 1.82) is 0 Å². The van der Waals surface area contributed by atoms with E-state index in [0.29, 0.717) is 6.10 Å². The second-order valence-electron chi connectivity index (χ2n) is 6.52. The third kappa shape index (κ3) is 6.44. The van der Waals surface area contributed by atoms with Gasteiger partial charge in [-0.05, 0) is 31.0 Å². The second-order valence-corrected chi connectivity index (χ2v) is 10.6. The molecule has 1 rings (SSSR count). The third-order valence-electron chi connectivity index (χ3n) is 4.68. The van der Waals surface area contributed by atoms with Crippen LogP contribution in [0, 0.1) is 0 Å². The molecule has 0 amide bonds. The summed E-state index contributed by atoms with van der Waals surface area (Å²) in [6.45, 7) is 6.98. The van der Waals surface area contributed by atoms with Gasteiger partial charge in [0, 0.05) is 6.10 Å². The topological polar surface area (TPSA) is 9.23 Å². The van der Waals surface area contributed by atoms with Gasteiger partial charge in [0.2, 0.25) is 0 Å². The first-order valence-electron chi connectivity index (χ1n) is 8.94. The highest BCUT2D eigenvalue weighted by Crippen LogP contribution is 2.34. The molecule has 0 atom stereocenters. The molecule has 1 nitrogen and oxygen atoms in total. The summed E-state index contributed by atoms with van der Waals surface area (Å²) in [5, 5.41) is 0. The van der Waals surface area contributed by atoms with Crippen molar-refractivity contribution in [2.45, 2.75) is 109 Å². The van der Waals surface area contributed by atoms with E-state index in [0.717, 1.165) is 0 Å². The van der Waals surface area contributed by atoms with Crippen LogP contribution in [-0.2, 0) is 4.43 Å². The summed E-state index contributed by atoms with van der Waals surface area (Å²) >= 11 is 0.